The Hall–Kier alpha value is -2.39. The zero-order valence-electron chi connectivity index (χ0n) is 14.5. The highest BCUT2D eigenvalue weighted by Crippen LogP contribution is 2.27. The van der Waals surface area contributed by atoms with E-state index in [1.807, 2.05) is 48.5 Å². The zero-order valence-corrected chi connectivity index (χ0v) is 15.3. The van der Waals surface area contributed by atoms with Gasteiger partial charge < -0.3 is 4.74 Å². The van der Waals surface area contributed by atoms with Gasteiger partial charge in [-0.25, -0.2) is 13.6 Å². The maximum Gasteiger partial charge on any atom is 0.275 e. The molecule has 27 heavy (non-hydrogen) atoms. The van der Waals surface area contributed by atoms with Crippen molar-refractivity contribution in [3.05, 3.63) is 64.4 Å². The summed E-state index contributed by atoms with van der Waals surface area (Å²) in [5.74, 6) is 0. The molecule has 8 heteroatoms. The zero-order chi connectivity index (χ0) is 18.8. The molecule has 0 radical (unpaired) electrons. The molecule has 0 aliphatic carbocycles. The van der Waals surface area contributed by atoms with Crippen molar-refractivity contribution in [2.45, 2.75) is 12.5 Å². The second-order valence-electron chi connectivity index (χ2n) is 6.43. The Bertz CT molecular complexity index is 1060. The number of hydrogen-bond donors (Lipinski definition) is 2. The number of fused-ring (bicyclic) bond motifs is 1. The van der Waals surface area contributed by atoms with Crippen molar-refractivity contribution in [2.24, 2.45) is 0 Å². The number of ether oxygens (including phenoxy) is 1. The molecule has 2 N–H and O–H groups in total. The second kappa shape index (κ2) is 7.69. The summed E-state index contributed by atoms with van der Waals surface area (Å²) in [6.45, 7) is 1.38. The molecule has 140 valence electrons. The number of nitrogens with zero attached hydrogens (tertiary/aromatic N) is 2. The summed E-state index contributed by atoms with van der Waals surface area (Å²) >= 11 is -2.02. The minimum absolute atomic E-state index is 0.0345. The number of aromatic nitrogens is 2. The predicted octanol–water partition coefficient (Wildman–Crippen LogP) is 1.90. The van der Waals surface area contributed by atoms with Crippen molar-refractivity contribution in [3.63, 3.8) is 0 Å². The van der Waals surface area contributed by atoms with Crippen LogP contribution in [-0.2, 0) is 22.4 Å². The molecule has 1 atom stereocenters. The van der Waals surface area contributed by atoms with E-state index in [0.717, 1.165) is 22.2 Å². The van der Waals surface area contributed by atoms with E-state index in [2.05, 4.69) is 9.82 Å². The van der Waals surface area contributed by atoms with Crippen LogP contribution in [-0.4, -0.2) is 38.3 Å². The minimum Gasteiger partial charge on any atom is -0.377 e. The molecule has 4 rings (SSSR count). The summed E-state index contributed by atoms with van der Waals surface area (Å²) in [5.41, 5.74) is 2.56. The number of nitrogens with one attached hydrogen (secondary N) is 1. The van der Waals surface area contributed by atoms with E-state index in [1.165, 1.54) is 4.68 Å². The van der Waals surface area contributed by atoms with Crippen LogP contribution in [0.5, 0.6) is 0 Å². The molecule has 0 saturated carbocycles. The summed E-state index contributed by atoms with van der Waals surface area (Å²) in [7, 11) is 0. The highest BCUT2D eigenvalue weighted by Gasteiger charge is 2.24. The fourth-order valence-corrected chi connectivity index (χ4v) is 3.47. The SMILES string of the molecule is O=c1c2ccccc2c(-c2cccc(CCNS(=O)O)c2)nn1C1COC1. The van der Waals surface area contributed by atoms with Crippen molar-refractivity contribution in [1.82, 2.24) is 14.5 Å². The largest absolute Gasteiger partial charge is 0.377 e. The van der Waals surface area contributed by atoms with Gasteiger partial charge in [0.2, 0.25) is 11.3 Å². The Morgan fingerprint density at radius 1 is 1.19 bits per heavy atom. The van der Waals surface area contributed by atoms with Gasteiger partial charge in [0.05, 0.1) is 24.3 Å². The van der Waals surface area contributed by atoms with Crippen molar-refractivity contribution in [2.75, 3.05) is 19.8 Å². The first-order valence-corrected chi connectivity index (χ1v) is 9.77. The Morgan fingerprint density at radius 2 is 1.96 bits per heavy atom. The molecule has 3 aromatic rings. The summed E-state index contributed by atoms with van der Waals surface area (Å²) in [4.78, 5) is 12.8. The third kappa shape index (κ3) is 3.70. The maximum absolute atomic E-state index is 12.8. The summed E-state index contributed by atoms with van der Waals surface area (Å²) in [6.07, 6.45) is 0.605. The summed E-state index contributed by atoms with van der Waals surface area (Å²) < 4.78 is 28.8. The highest BCUT2D eigenvalue weighted by molar-refractivity contribution is 7.77. The van der Waals surface area contributed by atoms with E-state index in [0.29, 0.717) is 31.6 Å². The lowest BCUT2D eigenvalue weighted by atomic mass is 10.0. The number of benzene rings is 2. The Morgan fingerprint density at radius 3 is 2.67 bits per heavy atom. The van der Waals surface area contributed by atoms with Gasteiger partial charge >= 0.3 is 0 Å². The van der Waals surface area contributed by atoms with Gasteiger partial charge in [0.25, 0.3) is 5.56 Å². The lowest BCUT2D eigenvalue weighted by molar-refractivity contribution is -0.0303. The molecule has 1 aromatic heterocycles. The van der Waals surface area contributed by atoms with E-state index in [9.17, 15) is 9.00 Å². The summed E-state index contributed by atoms with van der Waals surface area (Å²) in [5, 5.41) is 6.11. The van der Waals surface area contributed by atoms with E-state index in [4.69, 9.17) is 9.29 Å². The van der Waals surface area contributed by atoms with Gasteiger partial charge in [-0.05, 0) is 24.1 Å². The molecule has 7 nitrogen and oxygen atoms in total. The molecule has 2 aromatic carbocycles. The van der Waals surface area contributed by atoms with E-state index in [-0.39, 0.29) is 11.6 Å². The molecule has 0 bridgehead atoms. The quantitative estimate of drug-likeness (QED) is 0.632. The average molecular weight is 385 g/mol. The van der Waals surface area contributed by atoms with Crippen LogP contribution < -0.4 is 10.3 Å². The van der Waals surface area contributed by atoms with Gasteiger partial charge in [-0.15, -0.1) is 0 Å². The van der Waals surface area contributed by atoms with Crippen LogP contribution in [0.4, 0.5) is 0 Å². The van der Waals surface area contributed by atoms with Gasteiger partial charge in [-0.3, -0.25) is 9.35 Å². The van der Waals surface area contributed by atoms with Crippen molar-refractivity contribution < 1.29 is 13.5 Å². The smallest absolute Gasteiger partial charge is 0.275 e. The van der Waals surface area contributed by atoms with Crippen LogP contribution in [0.15, 0.2) is 53.3 Å². The van der Waals surface area contributed by atoms with Gasteiger partial charge in [0, 0.05) is 17.5 Å². The minimum atomic E-state index is -2.02. The molecular formula is C19H19N3O4S. The van der Waals surface area contributed by atoms with Crippen molar-refractivity contribution >= 4 is 22.0 Å². The van der Waals surface area contributed by atoms with Gasteiger partial charge in [-0.2, -0.15) is 5.10 Å². The molecule has 1 fully saturated rings. The topological polar surface area (TPSA) is 93.5 Å². The fourth-order valence-electron chi connectivity index (χ4n) is 3.19. The lowest BCUT2D eigenvalue weighted by Gasteiger charge is -2.27. The third-order valence-corrected chi connectivity index (χ3v) is 5.09. The first kappa shape index (κ1) is 18.0. The average Bonchev–Trinajstić information content (AvgIpc) is 2.62. The molecule has 1 saturated heterocycles. The predicted molar refractivity (Wildman–Crippen MR) is 104 cm³/mol. The molecule has 0 amide bonds. The fraction of sp³-hybridized carbons (Fsp3) is 0.263. The van der Waals surface area contributed by atoms with Gasteiger partial charge in [0.1, 0.15) is 6.04 Å². The molecule has 2 heterocycles. The summed E-state index contributed by atoms with van der Waals surface area (Å²) in [6, 6.07) is 15.3. The molecule has 0 spiro atoms. The number of rotatable bonds is 6. The lowest BCUT2D eigenvalue weighted by Crippen LogP contribution is -2.39. The third-order valence-electron chi connectivity index (χ3n) is 4.63. The van der Waals surface area contributed by atoms with Crippen LogP contribution in [0, 0.1) is 0 Å². The van der Waals surface area contributed by atoms with E-state index >= 15 is 0 Å². The Kier molecular flexibility index (Phi) is 5.13. The van der Waals surface area contributed by atoms with Crippen molar-refractivity contribution in [1.29, 1.82) is 0 Å². The Balaban J connectivity index is 1.78. The normalized spacial score (nSPS) is 15.6. The molecule has 1 unspecified atom stereocenters. The van der Waals surface area contributed by atoms with E-state index < -0.39 is 11.3 Å². The van der Waals surface area contributed by atoms with E-state index in [1.54, 1.807) is 0 Å². The molecular weight excluding hydrogens is 366 g/mol. The highest BCUT2D eigenvalue weighted by atomic mass is 32.2. The molecule has 1 aliphatic heterocycles. The maximum atomic E-state index is 12.8. The first-order chi connectivity index (χ1) is 13.1. The first-order valence-electron chi connectivity index (χ1n) is 8.66. The number of hydrogen-bond acceptors (Lipinski definition) is 4. The van der Waals surface area contributed by atoms with Crippen LogP contribution in [0.25, 0.3) is 22.0 Å². The van der Waals surface area contributed by atoms with Crippen LogP contribution in [0.3, 0.4) is 0 Å². The Labute approximate surface area is 158 Å². The van der Waals surface area contributed by atoms with Crippen LogP contribution in [0.2, 0.25) is 0 Å². The van der Waals surface area contributed by atoms with Gasteiger partial charge in [0.15, 0.2) is 0 Å². The van der Waals surface area contributed by atoms with Crippen molar-refractivity contribution in [3.8, 4) is 11.3 Å². The van der Waals surface area contributed by atoms with Crippen LogP contribution in [0.1, 0.15) is 11.6 Å². The second-order valence-corrected chi connectivity index (χ2v) is 7.22. The molecule has 1 aliphatic rings. The standard InChI is InChI=1S/C19H19N3O4S/c23-19-17-7-2-1-6-16(17)18(21-22(19)15-11-26-12-15)14-5-3-4-13(10-14)8-9-20-27(24)25/h1-7,10,15,20H,8-9,11-12H2,(H,24,25). The monoisotopic (exact) mass is 385 g/mol. The van der Waals surface area contributed by atoms with Crippen LogP contribution >= 0.6 is 0 Å². The van der Waals surface area contributed by atoms with Gasteiger partial charge in [-0.1, -0.05) is 36.4 Å².